The molecule has 0 aromatic carbocycles. The Bertz CT molecular complexity index is 162. The van der Waals surface area contributed by atoms with E-state index >= 15 is 0 Å². The molecule has 0 aliphatic carbocycles. The number of nitrogens with one attached hydrogen (secondary N) is 2. The molecule has 2 atom stereocenters. The van der Waals surface area contributed by atoms with Gasteiger partial charge in [0.15, 0.2) is 0 Å². The SMILES string of the molecule is C1CNCCN2CCCNCCN(C1)CCC2. The van der Waals surface area contributed by atoms with Crippen LogP contribution in [0.1, 0.15) is 19.3 Å². The summed E-state index contributed by atoms with van der Waals surface area (Å²) in [7, 11) is 0. The second-order valence-corrected chi connectivity index (χ2v) is 5.24. The van der Waals surface area contributed by atoms with Gasteiger partial charge in [0.25, 0.3) is 0 Å². The van der Waals surface area contributed by atoms with E-state index in [1.807, 2.05) is 0 Å². The van der Waals surface area contributed by atoms with Crippen molar-refractivity contribution in [2.45, 2.75) is 19.3 Å². The molecular weight excluding hydrogens is 212 g/mol. The normalized spacial score (nSPS) is 33.9. The van der Waals surface area contributed by atoms with Gasteiger partial charge < -0.3 is 20.4 Å². The van der Waals surface area contributed by atoms with Gasteiger partial charge in [0.05, 0.1) is 0 Å². The molecule has 2 bridgehead atoms. The molecule has 2 N–H and O–H groups in total. The van der Waals surface area contributed by atoms with Gasteiger partial charge in [0, 0.05) is 26.2 Å². The molecule has 0 aromatic heterocycles. The largest absolute Gasteiger partial charge is 0.315 e. The number of nitrogens with zero attached hydrogens (tertiary/aromatic N) is 2. The summed E-state index contributed by atoms with van der Waals surface area (Å²) in [4.78, 5) is 5.26. The Balaban J connectivity index is 1.90. The molecule has 0 amide bonds. The summed E-state index contributed by atoms with van der Waals surface area (Å²) in [5, 5.41) is 7.14. The highest BCUT2D eigenvalue weighted by Gasteiger charge is 2.10. The van der Waals surface area contributed by atoms with Gasteiger partial charge in [0.2, 0.25) is 0 Å². The molecule has 0 spiro atoms. The lowest BCUT2D eigenvalue weighted by Gasteiger charge is -2.23. The van der Waals surface area contributed by atoms with Crippen molar-refractivity contribution in [1.82, 2.24) is 20.4 Å². The summed E-state index contributed by atoms with van der Waals surface area (Å²) in [6, 6.07) is 0. The topological polar surface area (TPSA) is 30.5 Å². The molecule has 2 fully saturated rings. The molecular formula is C13H28N4. The van der Waals surface area contributed by atoms with Crippen LogP contribution in [0.4, 0.5) is 0 Å². The summed E-state index contributed by atoms with van der Waals surface area (Å²) in [5.41, 5.74) is 0. The van der Waals surface area contributed by atoms with Crippen molar-refractivity contribution in [3.63, 3.8) is 0 Å². The molecule has 17 heavy (non-hydrogen) atoms. The van der Waals surface area contributed by atoms with E-state index in [0.717, 1.165) is 13.1 Å². The quantitative estimate of drug-likeness (QED) is 0.622. The third-order valence-corrected chi connectivity index (χ3v) is 3.81. The zero-order chi connectivity index (χ0) is 11.8. The van der Waals surface area contributed by atoms with Gasteiger partial charge in [-0.25, -0.2) is 0 Å². The van der Waals surface area contributed by atoms with E-state index in [1.54, 1.807) is 0 Å². The maximum Gasteiger partial charge on any atom is 0.0107 e. The maximum absolute atomic E-state index is 3.57. The van der Waals surface area contributed by atoms with Gasteiger partial charge in [-0.05, 0) is 58.5 Å². The van der Waals surface area contributed by atoms with E-state index in [9.17, 15) is 0 Å². The van der Waals surface area contributed by atoms with Crippen LogP contribution in [0.25, 0.3) is 0 Å². The smallest absolute Gasteiger partial charge is 0.0107 e. The van der Waals surface area contributed by atoms with Gasteiger partial charge in [-0.2, -0.15) is 0 Å². The summed E-state index contributed by atoms with van der Waals surface area (Å²) in [6.45, 7) is 12.2. The van der Waals surface area contributed by atoms with E-state index in [-0.39, 0.29) is 0 Å². The van der Waals surface area contributed by atoms with Gasteiger partial charge >= 0.3 is 0 Å². The van der Waals surface area contributed by atoms with Crippen molar-refractivity contribution in [3.05, 3.63) is 0 Å². The van der Waals surface area contributed by atoms with Gasteiger partial charge in [-0.1, -0.05) is 0 Å². The van der Waals surface area contributed by atoms with E-state index in [1.165, 1.54) is 71.6 Å². The lowest BCUT2D eigenvalue weighted by atomic mass is 10.3. The lowest BCUT2D eigenvalue weighted by Crippen LogP contribution is -2.35. The Morgan fingerprint density at radius 1 is 0.471 bits per heavy atom. The molecule has 100 valence electrons. The first-order valence-corrected chi connectivity index (χ1v) is 7.31. The van der Waals surface area contributed by atoms with Crippen molar-refractivity contribution in [2.75, 3.05) is 65.4 Å². The fraction of sp³-hybridized carbons (Fsp3) is 1.00. The van der Waals surface area contributed by atoms with E-state index in [4.69, 9.17) is 0 Å². The predicted molar refractivity (Wildman–Crippen MR) is 72.5 cm³/mol. The van der Waals surface area contributed by atoms with E-state index in [2.05, 4.69) is 20.4 Å². The Labute approximate surface area is 106 Å². The number of hydrogen-bond donors (Lipinski definition) is 2. The highest BCUT2D eigenvalue weighted by molar-refractivity contribution is 4.69. The third-order valence-electron chi connectivity index (χ3n) is 3.81. The molecule has 2 saturated heterocycles. The molecule has 0 radical (unpaired) electrons. The van der Waals surface area contributed by atoms with Crippen molar-refractivity contribution in [2.24, 2.45) is 0 Å². The van der Waals surface area contributed by atoms with Crippen LogP contribution < -0.4 is 10.6 Å². The molecule has 0 aromatic rings. The van der Waals surface area contributed by atoms with Gasteiger partial charge in [0.1, 0.15) is 0 Å². The highest BCUT2D eigenvalue weighted by Crippen LogP contribution is 2.00. The number of fused-ring (bicyclic) bond motifs is 4. The fourth-order valence-electron chi connectivity index (χ4n) is 2.77. The van der Waals surface area contributed by atoms with Crippen LogP contribution in [0.15, 0.2) is 0 Å². The van der Waals surface area contributed by atoms with E-state index in [0.29, 0.717) is 0 Å². The van der Waals surface area contributed by atoms with Crippen molar-refractivity contribution < 1.29 is 0 Å². The minimum absolute atomic E-state index is 1.16. The molecule has 2 heterocycles. The summed E-state index contributed by atoms with van der Waals surface area (Å²) < 4.78 is 0. The zero-order valence-corrected chi connectivity index (χ0v) is 11.1. The number of hydrogen-bond acceptors (Lipinski definition) is 4. The van der Waals surface area contributed by atoms with Crippen LogP contribution in [-0.4, -0.2) is 75.2 Å². The van der Waals surface area contributed by atoms with Gasteiger partial charge in [-0.3, -0.25) is 0 Å². The first kappa shape index (κ1) is 13.3. The molecule has 4 heteroatoms. The molecule has 2 rings (SSSR count). The van der Waals surface area contributed by atoms with Crippen LogP contribution in [0, 0.1) is 0 Å². The van der Waals surface area contributed by atoms with Crippen molar-refractivity contribution in [3.8, 4) is 0 Å². The van der Waals surface area contributed by atoms with Crippen LogP contribution in [0.2, 0.25) is 0 Å². The van der Waals surface area contributed by atoms with Crippen molar-refractivity contribution >= 4 is 0 Å². The second-order valence-electron chi connectivity index (χ2n) is 5.24. The summed E-state index contributed by atoms with van der Waals surface area (Å²) >= 11 is 0. The molecule has 0 saturated carbocycles. The zero-order valence-electron chi connectivity index (χ0n) is 11.1. The standard InChI is InChI=1S/C13H28N4/c1-4-14-6-13-17-9-2-5-15-7-12-16(8-1)10-3-11-17/h14-15H,1-13H2. The Morgan fingerprint density at radius 2 is 0.941 bits per heavy atom. The van der Waals surface area contributed by atoms with Crippen LogP contribution in [0.5, 0.6) is 0 Å². The molecule has 4 nitrogen and oxygen atoms in total. The minimum Gasteiger partial charge on any atom is -0.315 e. The molecule has 2 aliphatic heterocycles. The van der Waals surface area contributed by atoms with Crippen LogP contribution >= 0.6 is 0 Å². The fourth-order valence-corrected chi connectivity index (χ4v) is 2.77. The second kappa shape index (κ2) is 8.03. The first-order chi connectivity index (χ1) is 8.45. The average molecular weight is 240 g/mol. The summed E-state index contributed by atoms with van der Waals surface area (Å²) in [5.74, 6) is 0. The highest BCUT2D eigenvalue weighted by atomic mass is 15.2. The Kier molecular flexibility index (Phi) is 6.27. The lowest BCUT2D eigenvalue weighted by molar-refractivity contribution is 0.241. The predicted octanol–water partition coefficient (Wildman–Crippen LogP) is -0.0329. The van der Waals surface area contributed by atoms with E-state index < -0.39 is 0 Å². The summed E-state index contributed by atoms with van der Waals surface area (Å²) in [6.07, 6.45) is 3.92. The Morgan fingerprint density at radius 3 is 1.47 bits per heavy atom. The maximum atomic E-state index is 3.57. The third kappa shape index (κ3) is 5.34. The minimum atomic E-state index is 1.16. The van der Waals surface area contributed by atoms with Gasteiger partial charge in [-0.15, -0.1) is 0 Å². The molecule has 2 unspecified atom stereocenters. The van der Waals surface area contributed by atoms with Crippen molar-refractivity contribution in [1.29, 1.82) is 0 Å². The van der Waals surface area contributed by atoms with Crippen LogP contribution in [-0.2, 0) is 0 Å². The number of rotatable bonds is 0. The molecule has 2 aliphatic rings. The van der Waals surface area contributed by atoms with Crippen LogP contribution in [0.3, 0.4) is 0 Å². The Hall–Kier alpha value is -0.160. The monoisotopic (exact) mass is 240 g/mol. The first-order valence-electron chi connectivity index (χ1n) is 7.31. The average Bonchev–Trinajstić information content (AvgIpc) is 2.42.